The predicted octanol–water partition coefficient (Wildman–Crippen LogP) is 0.666. The summed E-state index contributed by atoms with van der Waals surface area (Å²) in [6.07, 6.45) is 1.15. The van der Waals surface area contributed by atoms with Crippen molar-refractivity contribution in [3.05, 3.63) is 26.9 Å². The molecular weight excluding hydrogens is 308 g/mol. The minimum absolute atomic E-state index is 0.0996. The average molecular weight is 319 g/mol. The van der Waals surface area contributed by atoms with E-state index < -0.39 is 10.8 Å². The second-order valence-corrected chi connectivity index (χ2v) is 4.08. The molecule has 0 bridgehead atoms. The lowest BCUT2D eigenvalue weighted by molar-refractivity contribution is -0.385. The van der Waals surface area contributed by atoms with Gasteiger partial charge in [-0.1, -0.05) is 0 Å². The lowest BCUT2D eigenvalue weighted by Crippen LogP contribution is -2.20. The van der Waals surface area contributed by atoms with E-state index >= 15 is 0 Å². The van der Waals surface area contributed by atoms with Gasteiger partial charge in [-0.25, -0.2) is 4.98 Å². The Bertz CT molecular complexity index is 454. The molecule has 0 aliphatic heterocycles. The first kappa shape index (κ1) is 14.3. The van der Waals surface area contributed by atoms with Crippen LogP contribution in [0.3, 0.4) is 0 Å². The summed E-state index contributed by atoms with van der Waals surface area (Å²) in [4.78, 5) is 24.2. The van der Waals surface area contributed by atoms with Gasteiger partial charge in [0.1, 0.15) is 18.6 Å². The number of carbonyl (C=O) groups excluding carboxylic acids is 1. The largest absolute Gasteiger partial charge is 0.370 e. The highest BCUT2D eigenvalue weighted by Crippen LogP contribution is 2.23. The van der Waals surface area contributed by atoms with Crippen LogP contribution in [0.2, 0.25) is 0 Å². The predicted molar refractivity (Wildman–Crippen MR) is 67.1 cm³/mol. The smallest absolute Gasteiger partial charge is 0.288 e. The molecule has 1 aromatic heterocycles. The Kier molecular flexibility index (Phi) is 5.46. The van der Waals surface area contributed by atoms with Crippen LogP contribution >= 0.6 is 15.9 Å². The molecule has 0 unspecified atom stereocenters. The molecule has 18 heavy (non-hydrogen) atoms. The number of anilines is 1. The molecule has 0 spiro atoms. The number of amides is 1. The summed E-state index contributed by atoms with van der Waals surface area (Å²) in [7, 11) is 0. The van der Waals surface area contributed by atoms with Gasteiger partial charge in [0, 0.05) is 12.6 Å². The molecule has 8 nitrogen and oxygen atoms in total. The Balaban J connectivity index is 2.43. The van der Waals surface area contributed by atoms with Crippen molar-refractivity contribution in [1.82, 2.24) is 4.98 Å². The maximum absolute atomic E-state index is 10.5. The number of nitrogens with zero attached hydrogens (tertiary/aromatic N) is 2. The molecule has 0 fully saturated rings. The van der Waals surface area contributed by atoms with Gasteiger partial charge < -0.3 is 15.8 Å². The van der Waals surface area contributed by atoms with Crippen molar-refractivity contribution in [3.63, 3.8) is 0 Å². The van der Waals surface area contributed by atoms with E-state index in [0.717, 1.165) is 6.20 Å². The number of pyridine rings is 1. The molecule has 98 valence electrons. The lowest BCUT2D eigenvalue weighted by Gasteiger charge is -2.07. The Hall–Kier alpha value is -1.74. The van der Waals surface area contributed by atoms with Crippen molar-refractivity contribution >= 4 is 33.3 Å². The zero-order valence-corrected chi connectivity index (χ0v) is 10.8. The molecule has 3 N–H and O–H groups in total. The van der Waals surface area contributed by atoms with Crippen LogP contribution in [0.1, 0.15) is 0 Å². The third kappa shape index (κ3) is 4.63. The second-order valence-electron chi connectivity index (χ2n) is 3.23. The monoisotopic (exact) mass is 318 g/mol. The van der Waals surface area contributed by atoms with Crippen LogP contribution in [-0.2, 0) is 9.53 Å². The van der Waals surface area contributed by atoms with Crippen molar-refractivity contribution in [3.8, 4) is 0 Å². The third-order valence-corrected chi connectivity index (χ3v) is 2.43. The SMILES string of the molecule is NC(=O)COCCNc1ncc([N+](=O)[O-])cc1Br. The van der Waals surface area contributed by atoms with Gasteiger partial charge >= 0.3 is 0 Å². The highest BCUT2D eigenvalue weighted by molar-refractivity contribution is 9.10. The van der Waals surface area contributed by atoms with E-state index in [-0.39, 0.29) is 18.9 Å². The van der Waals surface area contributed by atoms with E-state index in [9.17, 15) is 14.9 Å². The van der Waals surface area contributed by atoms with Crippen LogP contribution in [0.15, 0.2) is 16.7 Å². The van der Waals surface area contributed by atoms with Gasteiger partial charge in [-0.3, -0.25) is 14.9 Å². The van der Waals surface area contributed by atoms with Crippen molar-refractivity contribution < 1.29 is 14.5 Å². The zero-order chi connectivity index (χ0) is 13.5. The summed E-state index contributed by atoms with van der Waals surface area (Å²) in [5, 5.41) is 13.4. The summed E-state index contributed by atoms with van der Waals surface area (Å²) in [5.41, 5.74) is 4.79. The fourth-order valence-corrected chi connectivity index (χ4v) is 1.55. The summed E-state index contributed by atoms with van der Waals surface area (Å²) in [6, 6.07) is 1.35. The summed E-state index contributed by atoms with van der Waals surface area (Å²) in [6.45, 7) is 0.529. The number of nitro groups is 1. The Morgan fingerprint density at radius 1 is 1.67 bits per heavy atom. The first-order chi connectivity index (χ1) is 8.50. The number of primary amides is 1. The number of nitrogens with one attached hydrogen (secondary N) is 1. The number of aromatic nitrogens is 1. The molecule has 0 aliphatic rings. The zero-order valence-electron chi connectivity index (χ0n) is 9.26. The first-order valence-corrected chi connectivity index (χ1v) is 5.70. The lowest BCUT2D eigenvalue weighted by atomic mass is 10.4. The molecule has 0 saturated carbocycles. The van der Waals surface area contributed by atoms with Gasteiger partial charge in [0.05, 0.1) is 16.0 Å². The fourth-order valence-electron chi connectivity index (χ4n) is 1.07. The number of hydrogen-bond donors (Lipinski definition) is 2. The van der Waals surface area contributed by atoms with Crippen molar-refractivity contribution in [1.29, 1.82) is 0 Å². The third-order valence-electron chi connectivity index (χ3n) is 1.82. The molecule has 1 rings (SSSR count). The molecule has 1 amide bonds. The number of ether oxygens (including phenoxy) is 1. The number of hydrogen-bond acceptors (Lipinski definition) is 6. The van der Waals surface area contributed by atoms with E-state index in [2.05, 4.69) is 26.2 Å². The van der Waals surface area contributed by atoms with E-state index in [0.29, 0.717) is 16.8 Å². The van der Waals surface area contributed by atoms with Crippen molar-refractivity contribution in [2.24, 2.45) is 5.73 Å². The van der Waals surface area contributed by atoms with Gasteiger partial charge in [0.15, 0.2) is 0 Å². The fraction of sp³-hybridized carbons (Fsp3) is 0.333. The topological polar surface area (TPSA) is 120 Å². The highest BCUT2D eigenvalue weighted by Gasteiger charge is 2.09. The van der Waals surface area contributed by atoms with Gasteiger partial charge in [0.2, 0.25) is 5.91 Å². The summed E-state index contributed by atoms with van der Waals surface area (Å²) in [5.74, 6) is -0.0760. The molecule has 0 aromatic carbocycles. The Morgan fingerprint density at radius 2 is 2.39 bits per heavy atom. The molecule has 0 aliphatic carbocycles. The van der Waals surface area contributed by atoms with Gasteiger partial charge in [-0.05, 0) is 15.9 Å². The number of carbonyl (C=O) groups is 1. The maximum atomic E-state index is 10.5. The second kappa shape index (κ2) is 6.87. The van der Waals surface area contributed by atoms with Crippen LogP contribution in [0.5, 0.6) is 0 Å². The van der Waals surface area contributed by atoms with E-state index in [1.165, 1.54) is 6.07 Å². The molecule has 1 heterocycles. The number of halogens is 1. The number of rotatable bonds is 7. The minimum atomic E-state index is -0.537. The molecule has 0 saturated heterocycles. The van der Waals surface area contributed by atoms with E-state index in [1.807, 2.05) is 0 Å². The van der Waals surface area contributed by atoms with Crippen molar-refractivity contribution in [2.75, 3.05) is 25.1 Å². The summed E-state index contributed by atoms with van der Waals surface area (Å²) < 4.78 is 5.41. The standard InChI is InChI=1S/C9H11BrN4O4/c10-7-3-6(14(16)17)4-13-9(7)12-1-2-18-5-8(11)15/h3-4H,1-2,5H2,(H2,11,15)(H,12,13). The number of nitrogens with two attached hydrogens (primary N) is 1. The summed E-state index contributed by atoms with van der Waals surface area (Å²) >= 11 is 3.16. The Labute approximate surface area is 111 Å². The molecule has 1 aromatic rings. The average Bonchev–Trinajstić information content (AvgIpc) is 2.29. The quantitative estimate of drug-likeness (QED) is 0.433. The van der Waals surface area contributed by atoms with Crippen LogP contribution in [0, 0.1) is 10.1 Å². The van der Waals surface area contributed by atoms with Crippen LogP contribution in [-0.4, -0.2) is 35.6 Å². The molecule has 0 atom stereocenters. The molecular formula is C9H11BrN4O4. The van der Waals surface area contributed by atoms with Crippen LogP contribution < -0.4 is 11.1 Å². The van der Waals surface area contributed by atoms with E-state index in [4.69, 9.17) is 10.5 Å². The molecule has 9 heteroatoms. The molecule has 0 radical (unpaired) electrons. The Morgan fingerprint density at radius 3 is 2.94 bits per heavy atom. The van der Waals surface area contributed by atoms with Gasteiger partial charge in [-0.15, -0.1) is 0 Å². The first-order valence-electron chi connectivity index (χ1n) is 4.90. The van der Waals surface area contributed by atoms with Crippen molar-refractivity contribution in [2.45, 2.75) is 0 Å². The van der Waals surface area contributed by atoms with E-state index in [1.54, 1.807) is 0 Å². The van der Waals surface area contributed by atoms with Crippen LogP contribution in [0.4, 0.5) is 11.5 Å². The van der Waals surface area contributed by atoms with Gasteiger partial charge in [-0.2, -0.15) is 0 Å². The maximum Gasteiger partial charge on any atom is 0.288 e. The normalized spacial score (nSPS) is 10.1. The van der Waals surface area contributed by atoms with Gasteiger partial charge in [0.25, 0.3) is 5.69 Å². The minimum Gasteiger partial charge on any atom is -0.370 e. The van der Waals surface area contributed by atoms with Crippen LogP contribution in [0.25, 0.3) is 0 Å². The highest BCUT2D eigenvalue weighted by atomic mass is 79.9.